The van der Waals surface area contributed by atoms with Crippen molar-refractivity contribution in [2.24, 2.45) is 82.9 Å². The zero-order valence-electron chi connectivity index (χ0n) is 72.5. The first-order valence-corrected chi connectivity index (χ1v) is 41.6. The van der Waals surface area contributed by atoms with E-state index in [1.165, 1.54) is 61.4 Å². The van der Waals surface area contributed by atoms with Crippen LogP contribution in [0, 0.1) is 82.9 Å². The van der Waals surface area contributed by atoms with Crippen LogP contribution in [0.5, 0.6) is 0 Å². The van der Waals surface area contributed by atoms with Gasteiger partial charge in [0.25, 0.3) is 11.8 Å². The first-order valence-electron chi connectivity index (χ1n) is 41.6. The maximum atomic E-state index is 15.0. The number of carbonyl (C=O) groups is 14. The molecule has 18 atom stereocenters. The molecule has 8 amide bonds. The lowest BCUT2D eigenvalue weighted by Crippen LogP contribution is -2.47. The number of rotatable bonds is 57. The molecule has 0 bridgehead atoms. The molecule has 0 spiro atoms. The third-order valence-corrected chi connectivity index (χ3v) is 23.5. The summed E-state index contributed by atoms with van der Waals surface area (Å²) < 4.78 is 45.7. The van der Waals surface area contributed by atoms with Crippen LogP contribution in [0.1, 0.15) is 172 Å². The van der Waals surface area contributed by atoms with Crippen molar-refractivity contribution in [1.29, 1.82) is 0 Å². The number of imide groups is 2. The molecule has 0 saturated carbocycles. The fraction of sp³-hybridized carbons (Fsp3) is 0.698. The zero-order chi connectivity index (χ0) is 88.7. The summed E-state index contributed by atoms with van der Waals surface area (Å²) in [7, 11) is 15.6. The fourth-order valence-electron chi connectivity index (χ4n) is 16.6. The third kappa shape index (κ3) is 28.6. The second-order valence-corrected chi connectivity index (χ2v) is 32.7. The van der Waals surface area contributed by atoms with Crippen LogP contribution in [0.25, 0.3) is 0 Å². The number of carbonyl (C=O) groups excluding carboxylic acids is 11. The molecule has 0 aromatic heterocycles. The Balaban J connectivity index is 1.42. The number of hydrogen-bond donors (Lipinski definition) is 7. The van der Waals surface area contributed by atoms with Gasteiger partial charge >= 0.3 is 35.8 Å². The number of amides is 8. The standard InChI is InChI=1S/C86H132N8O25/c1-18-67(115-15)70(75(97)89-41-20-40-87-73(95)52-22-26-54(27-23-52)91(8)9)61(81(103)104)34-31-58(114-14)45-65-59(77(99)93(79(65)101)43-21-42-88-74(96)53-24-28-55(29-25-53)92(10)11)33-30-57(113-13)46-66-60(78(100)94(80(66)102)48-50(5)6)36-38-68(116-16)71(76(98)90-47-49(3)4)62(82(105)106)37-39-69(117-17)72(86(111)118-19-2)63(83(107)108)35-32-56(112-12)44-64-51(7)84(109)119-85(64)110/h22-29,49-51,56-72H,18-21,30-48H2,1-17H3,(H,87,95)(H,88,96)(H,89,97)(H,90,98)(H,103,104)(H,105,106)(H,107,108). The van der Waals surface area contributed by atoms with E-state index in [-0.39, 0.29) is 166 Å². The number of carboxylic acid groups (broad SMARTS) is 3. The normalized spacial score (nSPS) is 20.5. The van der Waals surface area contributed by atoms with Crippen molar-refractivity contribution in [3.8, 4) is 0 Å². The quantitative estimate of drug-likeness (QED) is 0.0153. The highest BCUT2D eigenvalue weighted by Crippen LogP contribution is 2.42. The summed E-state index contributed by atoms with van der Waals surface area (Å²) >= 11 is 0. The number of esters is 3. The van der Waals surface area contributed by atoms with Gasteiger partial charge in [0.1, 0.15) is 0 Å². The Kier molecular flexibility index (Phi) is 41.9. The van der Waals surface area contributed by atoms with E-state index >= 15 is 0 Å². The molecular weight excluding hydrogens is 1540 g/mol. The smallest absolute Gasteiger partial charge is 0.317 e. The second-order valence-electron chi connectivity index (χ2n) is 32.7. The number of likely N-dealkylation sites (tertiary alicyclic amines) is 2. The molecule has 666 valence electrons. The van der Waals surface area contributed by atoms with E-state index in [4.69, 9.17) is 37.9 Å². The Morgan fingerprint density at radius 1 is 0.454 bits per heavy atom. The van der Waals surface area contributed by atoms with Crippen molar-refractivity contribution in [3.05, 3.63) is 59.7 Å². The molecule has 0 aliphatic carbocycles. The molecular formula is C86H132N8O25. The lowest BCUT2D eigenvalue weighted by atomic mass is 9.76. The van der Waals surface area contributed by atoms with E-state index in [1.54, 1.807) is 43.3 Å². The summed E-state index contributed by atoms with van der Waals surface area (Å²) in [5, 5.41) is 44.4. The van der Waals surface area contributed by atoms with Gasteiger partial charge in [-0.25, -0.2) is 0 Å². The summed E-state index contributed by atoms with van der Waals surface area (Å²) in [6.45, 7) is 12.4. The highest BCUT2D eigenvalue weighted by Gasteiger charge is 2.53. The van der Waals surface area contributed by atoms with E-state index < -0.39 is 179 Å². The Labute approximate surface area is 699 Å². The van der Waals surface area contributed by atoms with Crippen molar-refractivity contribution in [2.45, 2.75) is 188 Å². The SMILES string of the molecule is CCOC(=O)C(C(CCC(C(=O)O)C(C(=O)NCC(C)C)C(CCC1C(=O)N(CC(C)C)C(=O)C1CC(CCC1C(=O)N(CCCNC(=O)c2ccc(N(C)C)cc2)C(=O)C1CC(CCC(C(=O)O)C(C(=O)NCCCNC(=O)c1ccc(N(C)C)cc1)C(CC)OC)OC)OC)OC)OC)C(CCC(CC1C(=O)OC(=O)C1C)OC)C(=O)O. The van der Waals surface area contributed by atoms with E-state index in [0.29, 0.717) is 17.5 Å². The zero-order valence-corrected chi connectivity index (χ0v) is 72.5. The van der Waals surface area contributed by atoms with Crippen LogP contribution >= 0.6 is 0 Å². The van der Waals surface area contributed by atoms with Gasteiger partial charge in [0.2, 0.25) is 35.4 Å². The second kappa shape index (κ2) is 49.6. The number of ether oxygens (including phenoxy) is 8. The molecule has 33 heteroatoms. The maximum absolute atomic E-state index is 15.0. The molecule has 3 heterocycles. The van der Waals surface area contributed by atoms with Gasteiger partial charge in [-0.1, -0.05) is 41.5 Å². The minimum absolute atomic E-state index is 0.00353. The molecule has 3 aliphatic rings. The van der Waals surface area contributed by atoms with Gasteiger partial charge in [-0.05, 0) is 170 Å². The number of aliphatic carboxylic acids is 3. The number of anilines is 2. The molecule has 18 unspecified atom stereocenters. The summed E-state index contributed by atoms with van der Waals surface area (Å²) in [5.74, 6) is -25.5. The largest absolute Gasteiger partial charge is 0.481 e. The number of hydrogen-bond acceptors (Lipinski definition) is 24. The van der Waals surface area contributed by atoms with Gasteiger partial charge in [0.15, 0.2) is 0 Å². The Morgan fingerprint density at radius 3 is 1.29 bits per heavy atom. The number of methoxy groups -OCH3 is 6. The van der Waals surface area contributed by atoms with Gasteiger partial charge < -0.3 is 84.3 Å². The summed E-state index contributed by atoms with van der Waals surface area (Å²) in [5.41, 5.74) is 2.65. The summed E-state index contributed by atoms with van der Waals surface area (Å²) in [6, 6.07) is 14.0. The molecule has 2 aromatic rings. The Bertz CT molecular complexity index is 3690. The highest BCUT2D eigenvalue weighted by molar-refractivity contribution is 6.06. The van der Waals surface area contributed by atoms with Crippen LogP contribution in [0.3, 0.4) is 0 Å². The van der Waals surface area contributed by atoms with Crippen molar-refractivity contribution < 1.29 is 120 Å². The van der Waals surface area contributed by atoms with Crippen molar-refractivity contribution in [3.63, 3.8) is 0 Å². The van der Waals surface area contributed by atoms with Crippen molar-refractivity contribution in [1.82, 2.24) is 31.1 Å². The predicted molar refractivity (Wildman–Crippen MR) is 438 cm³/mol. The van der Waals surface area contributed by atoms with E-state index in [0.717, 1.165) is 16.3 Å². The van der Waals surface area contributed by atoms with Crippen LogP contribution in [-0.2, 0) is 95.4 Å². The topological polar surface area (TPSA) is 435 Å². The third-order valence-electron chi connectivity index (χ3n) is 23.5. The number of nitrogens with one attached hydrogen (secondary N) is 4. The lowest BCUT2D eigenvalue weighted by Gasteiger charge is -2.33. The monoisotopic (exact) mass is 1680 g/mol. The van der Waals surface area contributed by atoms with Crippen LogP contribution in [0.2, 0.25) is 0 Å². The predicted octanol–water partition coefficient (Wildman–Crippen LogP) is 6.93. The van der Waals surface area contributed by atoms with Gasteiger partial charge in [-0.2, -0.15) is 0 Å². The molecule has 3 saturated heterocycles. The maximum Gasteiger partial charge on any atom is 0.317 e. The molecule has 7 N–H and O–H groups in total. The van der Waals surface area contributed by atoms with Gasteiger partial charge in [0, 0.05) is 133 Å². The van der Waals surface area contributed by atoms with Crippen LogP contribution in [0.15, 0.2) is 48.5 Å². The van der Waals surface area contributed by atoms with Crippen LogP contribution < -0.4 is 31.1 Å². The molecule has 33 nitrogen and oxygen atoms in total. The van der Waals surface area contributed by atoms with Gasteiger partial charge in [-0.3, -0.25) is 76.9 Å². The van der Waals surface area contributed by atoms with Gasteiger partial charge in [-0.15, -0.1) is 0 Å². The summed E-state index contributed by atoms with van der Waals surface area (Å²) in [4.78, 5) is 200. The lowest BCUT2D eigenvalue weighted by molar-refractivity contribution is -0.165. The molecule has 3 fully saturated rings. The average Bonchev–Trinajstić information content (AvgIpc) is 1.66. The van der Waals surface area contributed by atoms with Crippen molar-refractivity contribution >= 4 is 94.4 Å². The van der Waals surface area contributed by atoms with Crippen LogP contribution in [0.4, 0.5) is 11.4 Å². The first-order chi connectivity index (χ1) is 56.5. The molecule has 5 rings (SSSR count). The van der Waals surface area contributed by atoms with E-state index in [2.05, 4.69) is 21.3 Å². The van der Waals surface area contributed by atoms with Gasteiger partial charge in [0.05, 0.1) is 114 Å². The van der Waals surface area contributed by atoms with E-state index in [1.807, 2.05) is 77.8 Å². The van der Waals surface area contributed by atoms with Crippen molar-refractivity contribution in [2.75, 3.05) is 127 Å². The molecule has 2 aromatic carbocycles. The highest BCUT2D eigenvalue weighted by atomic mass is 16.6. The number of benzene rings is 2. The fourth-order valence-corrected chi connectivity index (χ4v) is 16.6. The van der Waals surface area contributed by atoms with Crippen LogP contribution in [-0.4, -0.2) is 262 Å². The minimum Gasteiger partial charge on any atom is -0.481 e. The van der Waals surface area contributed by atoms with E-state index in [9.17, 15) is 82.4 Å². The first kappa shape index (κ1) is 101. The molecule has 3 aliphatic heterocycles. The molecule has 119 heavy (non-hydrogen) atoms. The molecule has 0 radical (unpaired) electrons. The minimum atomic E-state index is -1.61. The number of nitrogens with zero attached hydrogens (tertiary/aromatic N) is 4. The average molecular weight is 1680 g/mol. The summed E-state index contributed by atoms with van der Waals surface area (Å²) in [6.07, 6.45) is -6.54. The number of carboxylic acids is 3. The number of cyclic esters (lactones) is 2. The Hall–Kier alpha value is -9.02. The Morgan fingerprint density at radius 2 is 0.857 bits per heavy atom.